The van der Waals surface area contributed by atoms with E-state index in [0.29, 0.717) is 0 Å². The molecule has 0 radical (unpaired) electrons. The summed E-state index contributed by atoms with van der Waals surface area (Å²) in [5, 5.41) is 5.63. The lowest BCUT2D eigenvalue weighted by molar-refractivity contribution is 0.579. The van der Waals surface area contributed by atoms with E-state index in [2.05, 4.69) is 28.2 Å². The van der Waals surface area contributed by atoms with Crippen molar-refractivity contribution in [3.05, 3.63) is 24.4 Å². The highest BCUT2D eigenvalue weighted by molar-refractivity contribution is 5.91. The van der Waals surface area contributed by atoms with Gasteiger partial charge < -0.3 is 4.90 Å². The number of nitrogens with zero attached hydrogens (tertiary/aromatic N) is 3. The van der Waals surface area contributed by atoms with Crippen LogP contribution in [-0.2, 0) is 7.05 Å². The van der Waals surface area contributed by atoms with E-state index in [4.69, 9.17) is 0 Å². The molecular formula is C13H18ClN3. The molecule has 1 fully saturated rings. The van der Waals surface area contributed by atoms with E-state index in [9.17, 15) is 0 Å². The van der Waals surface area contributed by atoms with Crippen molar-refractivity contribution in [2.24, 2.45) is 7.05 Å². The van der Waals surface area contributed by atoms with Gasteiger partial charge in [0.05, 0.1) is 11.7 Å². The van der Waals surface area contributed by atoms with Gasteiger partial charge in [-0.2, -0.15) is 5.10 Å². The molecule has 92 valence electrons. The molecule has 1 aromatic carbocycles. The first-order valence-electron chi connectivity index (χ1n) is 6.02. The Kier molecular flexibility index (Phi) is 3.57. The Morgan fingerprint density at radius 2 is 1.88 bits per heavy atom. The summed E-state index contributed by atoms with van der Waals surface area (Å²) in [6.45, 7) is 2.38. The predicted octanol–water partition coefficient (Wildman–Crippen LogP) is 2.99. The van der Waals surface area contributed by atoms with Crippen molar-refractivity contribution < 1.29 is 0 Å². The highest BCUT2D eigenvalue weighted by atomic mass is 35.5. The number of aryl methyl sites for hydroxylation is 1. The Balaban J connectivity index is 0.00000108. The molecule has 0 N–H and O–H groups in total. The minimum Gasteiger partial charge on any atom is -0.371 e. The zero-order valence-corrected chi connectivity index (χ0v) is 10.9. The summed E-state index contributed by atoms with van der Waals surface area (Å²) in [7, 11) is 2.00. The Bertz CT molecular complexity index is 500. The topological polar surface area (TPSA) is 21.1 Å². The summed E-state index contributed by atoms with van der Waals surface area (Å²) >= 11 is 0. The van der Waals surface area contributed by atoms with E-state index in [1.807, 2.05) is 17.9 Å². The summed E-state index contributed by atoms with van der Waals surface area (Å²) in [4.78, 5) is 2.49. The lowest BCUT2D eigenvalue weighted by Crippen LogP contribution is -2.29. The Morgan fingerprint density at radius 3 is 2.65 bits per heavy atom. The Labute approximate surface area is 108 Å². The van der Waals surface area contributed by atoms with Crippen molar-refractivity contribution in [2.75, 3.05) is 18.0 Å². The minimum atomic E-state index is 0. The predicted molar refractivity (Wildman–Crippen MR) is 74.0 cm³/mol. The number of halogens is 1. The van der Waals surface area contributed by atoms with Crippen LogP contribution in [0.15, 0.2) is 24.4 Å². The van der Waals surface area contributed by atoms with Crippen molar-refractivity contribution in [2.45, 2.75) is 19.3 Å². The molecule has 0 aliphatic carbocycles. The number of benzene rings is 1. The summed E-state index contributed by atoms with van der Waals surface area (Å²) < 4.78 is 1.95. The van der Waals surface area contributed by atoms with Gasteiger partial charge in [0.15, 0.2) is 0 Å². The minimum absolute atomic E-state index is 0. The van der Waals surface area contributed by atoms with E-state index >= 15 is 0 Å². The number of rotatable bonds is 1. The van der Waals surface area contributed by atoms with Crippen LogP contribution in [0.1, 0.15) is 19.3 Å². The number of anilines is 1. The van der Waals surface area contributed by atoms with Gasteiger partial charge >= 0.3 is 0 Å². The van der Waals surface area contributed by atoms with Crippen LogP contribution >= 0.6 is 12.4 Å². The quantitative estimate of drug-likeness (QED) is 0.777. The molecule has 2 heterocycles. The van der Waals surface area contributed by atoms with Gasteiger partial charge in [-0.3, -0.25) is 4.68 Å². The molecule has 0 bridgehead atoms. The zero-order valence-electron chi connectivity index (χ0n) is 10.1. The number of hydrogen-bond donors (Lipinski definition) is 0. The number of piperidine rings is 1. The maximum absolute atomic E-state index is 4.34. The molecule has 3 nitrogen and oxygen atoms in total. The molecule has 1 aliphatic heterocycles. The van der Waals surface area contributed by atoms with E-state index in [-0.39, 0.29) is 12.4 Å². The molecular weight excluding hydrogens is 234 g/mol. The average molecular weight is 252 g/mol. The van der Waals surface area contributed by atoms with Crippen LogP contribution in [0.25, 0.3) is 10.9 Å². The fourth-order valence-electron chi connectivity index (χ4n) is 2.57. The molecule has 17 heavy (non-hydrogen) atoms. The lowest BCUT2D eigenvalue weighted by Gasteiger charge is -2.29. The van der Waals surface area contributed by atoms with Crippen molar-refractivity contribution in [3.63, 3.8) is 0 Å². The van der Waals surface area contributed by atoms with Crippen LogP contribution in [0, 0.1) is 0 Å². The molecule has 2 aromatic rings. The third-order valence-corrected chi connectivity index (χ3v) is 3.47. The van der Waals surface area contributed by atoms with Gasteiger partial charge in [-0.15, -0.1) is 12.4 Å². The third kappa shape index (κ3) is 2.12. The van der Waals surface area contributed by atoms with Crippen LogP contribution in [0.4, 0.5) is 5.69 Å². The second-order valence-corrected chi connectivity index (χ2v) is 4.53. The highest BCUT2D eigenvalue weighted by Gasteiger charge is 2.14. The van der Waals surface area contributed by atoms with E-state index < -0.39 is 0 Å². The van der Waals surface area contributed by atoms with Crippen LogP contribution in [0.3, 0.4) is 0 Å². The highest BCUT2D eigenvalue weighted by Crippen LogP contribution is 2.28. The summed E-state index contributed by atoms with van der Waals surface area (Å²) in [5.41, 5.74) is 2.58. The van der Waals surface area contributed by atoms with Crippen LogP contribution in [-0.4, -0.2) is 22.9 Å². The number of fused-ring (bicyclic) bond motifs is 1. The SMILES string of the molecule is Cl.Cn1ncc2c(N3CCCCC3)cccc21. The number of hydrogen-bond acceptors (Lipinski definition) is 2. The van der Waals surface area contributed by atoms with Crippen LogP contribution < -0.4 is 4.90 Å². The van der Waals surface area contributed by atoms with Crippen LogP contribution in [0.2, 0.25) is 0 Å². The second-order valence-electron chi connectivity index (χ2n) is 4.53. The molecule has 0 atom stereocenters. The van der Waals surface area contributed by atoms with Crippen molar-refractivity contribution in [1.82, 2.24) is 9.78 Å². The fraction of sp³-hybridized carbons (Fsp3) is 0.462. The van der Waals surface area contributed by atoms with Crippen molar-refractivity contribution in [1.29, 1.82) is 0 Å². The smallest absolute Gasteiger partial charge is 0.0700 e. The Hall–Kier alpha value is -1.22. The maximum Gasteiger partial charge on any atom is 0.0700 e. The van der Waals surface area contributed by atoms with E-state index in [1.54, 1.807) is 0 Å². The summed E-state index contributed by atoms with van der Waals surface area (Å²) in [6.07, 6.45) is 5.99. The maximum atomic E-state index is 4.34. The van der Waals surface area contributed by atoms with Gasteiger partial charge in [-0.25, -0.2) is 0 Å². The van der Waals surface area contributed by atoms with Crippen molar-refractivity contribution >= 4 is 29.0 Å². The van der Waals surface area contributed by atoms with Gasteiger partial charge in [0.1, 0.15) is 0 Å². The summed E-state index contributed by atoms with van der Waals surface area (Å²) in [6, 6.07) is 6.49. The first kappa shape index (κ1) is 12.2. The molecule has 0 unspecified atom stereocenters. The Morgan fingerprint density at radius 1 is 1.12 bits per heavy atom. The first-order valence-corrected chi connectivity index (χ1v) is 6.02. The molecule has 0 amide bonds. The molecule has 0 spiro atoms. The molecule has 3 rings (SSSR count). The molecule has 1 saturated heterocycles. The second kappa shape index (κ2) is 4.96. The van der Waals surface area contributed by atoms with Crippen molar-refractivity contribution in [3.8, 4) is 0 Å². The zero-order chi connectivity index (χ0) is 11.0. The molecule has 1 aromatic heterocycles. The third-order valence-electron chi connectivity index (χ3n) is 3.47. The van der Waals surface area contributed by atoms with Gasteiger partial charge in [0, 0.05) is 31.2 Å². The lowest BCUT2D eigenvalue weighted by atomic mass is 10.1. The largest absolute Gasteiger partial charge is 0.371 e. The first-order chi connectivity index (χ1) is 7.86. The standard InChI is InChI=1S/C13H17N3.ClH/c1-15-12-6-5-7-13(11(12)10-14-15)16-8-3-2-4-9-16;/h5-7,10H,2-4,8-9H2,1H3;1H. The molecule has 1 aliphatic rings. The fourth-order valence-corrected chi connectivity index (χ4v) is 2.57. The van der Waals surface area contributed by atoms with Gasteiger partial charge in [-0.1, -0.05) is 6.07 Å². The normalized spacial score (nSPS) is 15.9. The monoisotopic (exact) mass is 251 g/mol. The van der Waals surface area contributed by atoms with Gasteiger partial charge in [0.2, 0.25) is 0 Å². The van der Waals surface area contributed by atoms with Gasteiger partial charge in [-0.05, 0) is 31.4 Å². The summed E-state index contributed by atoms with van der Waals surface area (Å²) in [5.74, 6) is 0. The van der Waals surface area contributed by atoms with E-state index in [0.717, 1.165) is 0 Å². The van der Waals surface area contributed by atoms with Crippen LogP contribution in [0.5, 0.6) is 0 Å². The average Bonchev–Trinajstić information content (AvgIpc) is 2.73. The molecule has 4 heteroatoms. The van der Waals surface area contributed by atoms with E-state index in [1.165, 1.54) is 48.9 Å². The molecule has 0 saturated carbocycles. The van der Waals surface area contributed by atoms with Gasteiger partial charge in [0.25, 0.3) is 0 Å². The number of aromatic nitrogens is 2.